The van der Waals surface area contributed by atoms with Gasteiger partial charge in [-0.1, -0.05) is 6.07 Å². The molecule has 9 heteroatoms. The molecular weight excluding hydrogens is 450 g/mol. The minimum Gasteiger partial charge on any atom is -0.492 e. The van der Waals surface area contributed by atoms with Gasteiger partial charge in [0.25, 0.3) is 0 Å². The third kappa shape index (κ3) is 4.41. The van der Waals surface area contributed by atoms with Gasteiger partial charge in [-0.25, -0.2) is 19.4 Å². The summed E-state index contributed by atoms with van der Waals surface area (Å²) in [7, 11) is 0. The van der Waals surface area contributed by atoms with Crippen molar-refractivity contribution in [2.45, 2.75) is 65.0 Å². The van der Waals surface area contributed by atoms with Crippen LogP contribution in [0.15, 0.2) is 24.5 Å². The molecule has 1 fully saturated rings. The lowest BCUT2D eigenvalue weighted by Gasteiger charge is -2.24. The number of carbonyl (C=O) groups is 1. The first-order chi connectivity index (χ1) is 16.2. The summed E-state index contributed by atoms with van der Waals surface area (Å²) in [5.74, 6) is 1.93. The van der Waals surface area contributed by atoms with Crippen LogP contribution < -0.4 is 4.74 Å². The van der Waals surface area contributed by atoms with Crippen molar-refractivity contribution in [2.24, 2.45) is 0 Å². The van der Waals surface area contributed by atoms with Crippen molar-refractivity contribution in [3.8, 4) is 27.8 Å². The summed E-state index contributed by atoms with van der Waals surface area (Å²) in [5, 5.41) is 5.25. The summed E-state index contributed by atoms with van der Waals surface area (Å²) in [5.41, 5.74) is 2.68. The maximum Gasteiger partial charge on any atom is 0.410 e. The highest BCUT2D eigenvalue weighted by Crippen LogP contribution is 2.42. The highest BCUT2D eigenvalue weighted by molar-refractivity contribution is 7.15. The lowest BCUT2D eigenvalue weighted by molar-refractivity contribution is 0.0292. The molecule has 0 bridgehead atoms. The Labute approximate surface area is 203 Å². The Balaban J connectivity index is 1.40. The van der Waals surface area contributed by atoms with Gasteiger partial charge in [0.15, 0.2) is 10.8 Å². The molecule has 34 heavy (non-hydrogen) atoms. The number of likely N-dealkylation sites (tertiary alicyclic amines) is 1. The van der Waals surface area contributed by atoms with Gasteiger partial charge in [-0.3, -0.25) is 0 Å². The average Bonchev–Trinajstić information content (AvgIpc) is 3.50. The highest BCUT2D eigenvalue weighted by atomic mass is 32.1. The third-order valence-electron chi connectivity index (χ3n) is 6.11. The van der Waals surface area contributed by atoms with Crippen molar-refractivity contribution >= 4 is 17.4 Å². The van der Waals surface area contributed by atoms with E-state index in [1.165, 1.54) is 10.4 Å². The second kappa shape index (κ2) is 8.69. The summed E-state index contributed by atoms with van der Waals surface area (Å²) < 4.78 is 13.6. The lowest BCUT2D eigenvalue weighted by Crippen LogP contribution is -2.35. The van der Waals surface area contributed by atoms with E-state index < -0.39 is 5.60 Å². The smallest absolute Gasteiger partial charge is 0.410 e. The zero-order valence-electron chi connectivity index (χ0n) is 20.4. The molecule has 8 nitrogen and oxygen atoms in total. The Kier molecular flexibility index (Phi) is 5.83. The Morgan fingerprint density at radius 2 is 2.12 bits per heavy atom. The predicted molar refractivity (Wildman–Crippen MR) is 131 cm³/mol. The molecule has 2 aromatic heterocycles. The van der Waals surface area contributed by atoms with Crippen LogP contribution in [0.4, 0.5) is 4.79 Å². The molecule has 2 aliphatic rings. The Bertz CT molecular complexity index is 1210. The van der Waals surface area contributed by atoms with Gasteiger partial charge in [-0.05, 0) is 58.7 Å². The van der Waals surface area contributed by atoms with Gasteiger partial charge in [0, 0.05) is 41.9 Å². The first kappa shape index (κ1) is 22.8. The zero-order valence-corrected chi connectivity index (χ0v) is 21.2. The van der Waals surface area contributed by atoms with Crippen LogP contribution >= 0.6 is 11.3 Å². The SMILES string of the molecule is CC(C)n1ncnc1-c1nc2c(s1)CCOc1cc(C3CCN(C(=O)OC(C)(C)C)C3)ccc1-2. The first-order valence-corrected chi connectivity index (χ1v) is 12.7. The zero-order chi connectivity index (χ0) is 24.0. The molecule has 1 saturated heterocycles. The summed E-state index contributed by atoms with van der Waals surface area (Å²) >= 11 is 1.67. The van der Waals surface area contributed by atoms with Crippen LogP contribution in [0.5, 0.6) is 5.75 Å². The molecule has 180 valence electrons. The van der Waals surface area contributed by atoms with E-state index in [1.54, 1.807) is 22.6 Å². The molecule has 1 amide bonds. The van der Waals surface area contributed by atoms with Gasteiger partial charge in [0.2, 0.25) is 0 Å². The number of benzene rings is 1. The molecule has 0 N–H and O–H groups in total. The molecule has 0 aliphatic carbocycles. The van der Waals surface area contributed by atoms with Crippen LogP contribution in [0.1, 0.15) is 63.4 Å². The fourth-order valence-electron chi connectivity index (χ4n) is 4.49. The van der Waals surface area contributed by atoms with E-state index in [0.717, 1.165) is 40.7 Å². The van der Waals surface area contributed by atoms with Gasteiger partial charge in [0.1, 0.15) is 17.7 Å². The van der Waals surface area contributed by atoms with Crippen LogP contribution in [0.2, 0.25) is 0 Å². The molecule has 1 unspecified atom stereocenters. The molecule has 1 atom stereocenters. The summed E-state index contributed by atoms with van der Waals surface area (Å²) in [6.07, 6.45) is 3.07. The normalized spacial score (nSPS) is 17.8. The average molecular weight is 482 g/mol. The molecule has 5 rings (SSSR count). The number of hydrogen-bond acceptors (Lipinski definition) is 7. The second-order valence-corrected chi connectivity index (χ2v) is 11.3. The largest absolute Gasteiger partial charge is 0.492 e. The number of thiazole rings is 1. The molecule has 3 aromatic rings. The predicted octanol–water partition coefficient (Wildman–Crippen LogP) is 5.31. The Morgan fingerprint density at radius 1 is 1.29 bits per heavy atom. The van der Waals surface area contributed by atoms with E-state index in [0.29, 0.717) is 19.7 Å². The maximum atomic E-state index is 12.5. The molecule has 1 aromatic carbocycles. The molecule has 0 radical (unpaired) electrons. The summed E-state index contributed by atoms with van der Waals surface area (Å²) in [6, 6.07) is 6.60. The fourth-order valence-corrected chi connectivity index (χ4v) is 5.54. The van der Waals surface area contributed by atoms with Gasteiger partial charge < -0.3 is 14.4 Å². The Morgan fingerprint density at radius 3 is 2.88 bits per heavy atom. The minimum atomic E-state index is -0.487. The number of rotatable bonds is 3. The van der Waals surface area contributed by atoms with E-state index >= 15 is 0 Å². The number of nitrogens with zero attached hydrogens (tertiary/aromatic N) is 5. The highest BCUT2D eigenvalue weighted by Gasteiger charge is 2.31. The van der Waals surface area contributed by atoms with Gasteiger partial charge >= 0.3 is 6.09 Å². The first-order valence-electron chi connectivity index (χ1n) is 11.8. The number of carbonyl (C=O) groups excluding carboxylic acids is 1. The standard InChI is InChI=1S/C25H31N5O3S/c1-15(2)30-22(26-14-27-30)23-28-21-18-7-6-16(12-19(18)32-11-9-20(21)34-23)17-8-10-29(13-17)24(31)33-25(3,4)5/h6-7,12,14-15,17H,8-11,13H2,1-5H3. The number of hydrogen-bond donors (Lipinski definition) is 0. The van der Waals surface area contributed by atoms with Crippen molar-refractivity contribution in [1.82, 2.24) is 24.6 Å². The van der Waals surface area contributed by atoms with Crippen LogP contribution in [0, 0.1) is 0 Å². The van der Waals surface area contributed by atoms with Gasteiger partial charge in [0.05, 0.1) is 12.3 Å². The third-order valence-corrected chi connectivity index (χ3v) is 7.22. The Hall–Kier alpha value is -2.94. The minimum absolute atomic E-state index is 0.214. The summed E-state index contributed by atoms with van der Waals surface area (Å²) in [6.45, 7) is 11.8. The molecule has 0 saturated carbocycles. The number of aromatic nitrogens is 4. The van der Waals surface area contributed by atoms with Crippen molar-refractivity contribution in [1.29, 1.82) is 0 Å². The number of fused-ring (bicyclic) bond motifs is 3. The van der Waals surface area contributed by atoms with Crippen molar-refractivity contribution in [3.05, 3.63) is 35.0 Å². The molecule has 0 spiro atoms. The van der Waals surface area contributed by atoms with E-state index in [1.807, 2.05) is 25.5 Å². The topological polar surface area (TPSA) is 82.4 Å². The van der Waals surface area contributed by atoms with Crippen LogP contribution in [-0.2, 0) is 11.2 Å². The van der Waals surface area contributed by atoms with Crippen LogP contribution in [0.25, 0.3) is 22.1 Å². The van der Waals surface area contributed by atoms with E-state index in [4.69, 9.17) is 14.5 Å². The van der Waals surface area contributed by atoms with Crippen LogP contribution in [0.3, 0.4) is 0 Å². The molecule has 2 aliphatic heterocycles. The maximum absolute atomic E-state index is 12.5. The quantitative estimate of drug-likeness (QED) is 0.504. The number of ether oxygens (including phenoxy) is 2. The number of amides is 1. The van der Waals surface area contributed by atoms with Gasteiger partial charge in [-0.15, -0.1) is 11.3 Å². The van der Waals surface area contributed by atoms with Crippen molar-refractivity contribution in [3.63, 3.8) is 0 Å². The van der Waals surface area contributed by atoms with Crippen molar-refractivity contribution in [2.75, 3.05) is 19.7 Å². The van der Waals surface area contributed by atoms with Gasteiger partial charge in [-0.2, -0.15) is 5.10 Å². The van der Waals surface area contributed by atoms with Crippen molar-refractivity contribution < 1.29 is 14.3 Å². The lowest BCUT2D eigenvalue weighted by atomic mass is 9.96. The molecule has 4 heterocycles. The summed E-state index contributed by atoms with van der Waals surface area (Å²) in [4.78, 5) is 24.9. The van der Waals surface area contributed by atoms with E-state index in [2.05, 4.69) is 42.1 Å². The van der Waals surface area contributed by atoms with E-state index in [9.17, 15) is 4.79 Å². The molecular formula is C25H31N5O3S. The monoisotopic (exact) mass is 481 g/mol. The second-order valence-electron chi connectivity index (χ2n) is 10.2. The van der Waals surface area contributed by atoms with Crippen LogP contribution in [-0.4, -0.2) is 56.0 Å². The fraction of sp³-hybridized carbons (Fsp3) is 0.520. The van der Waals surface area contributed by atoms with E-state index in [-0.39, 0.29) is 18.1 Å².